The van der Waals surface area contributed by atoms with Crippen molar-refractivity contribution in [2.75, 3.05) is 24.7 Å². The molecular weight excluding hydrogens is 684 g/mol. The Bertz CT molecular complexity index is 1830. The van der Waals surface area contributed by atoms with Gasteiger partial charge >= 0.3 is 13.9 Å². The maximum Gasteiger partial charge on any atom is 0.582 e. The van der Waals surface area contributed by atoms with Gasteiger partial charge in [0, 0.05) is 6.42 Å². The number of hydrogen-bond donors (Lipinski definition) is 7. The van der Waals surface area contributed by atoms with E-state index in [0.717, 1.165) is 11.8 Å². The van der Waals surface area contributed by atoms with E-state index in [1.165, 1.54) is 21.7 Å². The normalized spacial score (nSPS) is 29.0. The minimum Gasteiger partial charge on any atom is -0.395 e. The number of aromatic nitrogens is 9. The monoisotopic (exact) mass is 708 g/mol. The highest BCUT2D eigenvalue weighted by Gasteiger charge is 2.49. The number of ether oxygens (including phenoxy) is 1. The number of rotatable bonds is 10. The molecule has 9 unspecified atom stereocenters. The zero-order chi connectivity index (χ0) is 31.3. The number of nitrogens with zero attached hydrogens (tertiary/aromatic N) is 8. The third kappa shape index (κ3) is 6.07. The molecule has 2 aliphatic rings. The van der Waals surface area contributed by atoms with E-state index in [9.17, 15) is 24.5 Å². The van der Waals surface area contributed by atoms with Gasteiger partial charge in [-0.05, 0) is 16.4 Å². The zero-order valence-electron chi connectivity index (χ0n) is 22.0. The Balaban J connectivity index is 1.20. The molecule has 25 heteroatoms. The van der Waals surface area contributed by atoms with Gasteiger partial charge in [0.25, 0.3) is 5.56 Å². The Kier molecular flexibility index (Phi) is 8.91. The first-order valence-corrected chi connectivity index (χ1v) is 18.5. The van der Waals surface area contributed by atoms with Crippen LogP contribution < -0.4 is 17.0 Å². The van der Waals surface area contributed by atoms with Crippen LogP contribution in [0.4, 0.5) is 11.8 Å². The highest BCUT2D eigenvalue weighted by Crippen LogP contribution is 2.54. The van der Waals surface area contributed by atoms with Crippen LogP contribution in [-0.4, -0.2) is 103 Å². The first-order chi connectivity index (χ1) is 21.0. The first kappa shape index (κ1) is 31.6. The molecule has 8 N–H and O–H groups in total. The van der Waals surface area contributed by atoms with Crippen molar-refractivity contribution in [1.82, 2.24) is 44.5 Å². The number of thioether (sulfide) groups is 1. The number of fused-ring (bicyclic) bond motifs is 2. The lowest BCUT2D eigenvalue weighted by Gasteiger charge is -2.27. The number of imidazole rings is 1. The van der Waals surface area contributed by atoms with E-state index in [-0.39, 0.29) is 36.0 Å². The highest BCUT2D eigenvalue weighted by molar-refractivity contribution is 8.39. The van der Waals surface area contributed by atoms with Crippen LogP contribution in [0.3, 0.4) is 0 Å². The second kappa shape index (κ2) is 12.4. The van der Waals surface area contributed by atoms with E-state index in [1.54, 1.807) is 0 Å². The summed E-state index contributed by atoms with van der Waals surface area (Å²) in [5, 5.41) is 31.0. The number of aromatic amines is 1. The molecule has 20 nitrogen and oxygen atoms in total. The average molecular weight is 709 g/mol. The topological polar surface area (TPSA) is 286 Å². The molecule has 0 aliphatic carbocycles. The first-order valence-electron chi connectivity index (χ1n) is 12.6. The fourth-order valence-corrected chi connectivity index (χ4v) is 8.63. The molecule has 0 radical (unpaired) electrons. The van der Waals surface area contributed by atoms with Crippen molar-refractivity contribution in [2.24, 2.45) is 0 Å². The number of aliphatic hydroxyl groups is 2. The summed E-state index contributed by atoms with van der Waals surface area (Å²) >= 11 is 10.1. The maximum atomic E-state index is 12.3. The summed E-state index contributed by atoms with van der Waals surface area (Å²) in [4.78, 5) is 37.8. The van der Waals surface area contributed by atoms with Gasteiger partial charge in [0.1, 0.15) is 48.4 Å². The molecule has 0 saturated carbocycles. The van der Waals surface area contributed by atoms with Gasteiger partial charge in [0.15, 0.2) is 22.6 Å². The summed E-state index contributed by atoms with van der Waals surface area (Å²) in [6, 6.07) is 0. The largest absolute Gasteiger partial charge is 0.582 e. The molecule has 2 aliphatic heterocycles. The van der Waals surface area contributed by atoms with Crippen molar-refractivity contribution in [3.8, 4) is 0 Å². The fourth-order valence-electron chi connectivity index (χ4n) is 4.91. The molecule has 0 spiro atoms. The number of anilines is 2. The van der Waals surface area contributed by atoms with Gasteiger partial charge in [0.05, 0.1) is 36.5 Å². The van der Waals surface area contributed by atoms with E-state index >= 15 is 0 Å². The average Bonchev–Trinajstić information content (AvgIpc) is 3.73. The number of aliphatic hydroxyl groups excluding tert-OH is 2. The van der Waals surface area contributed by atoms with Crippen LogP contribution in [0, 0.1) is 0 Å². The molecule has 0 aromatic carbocycles. The van der Waals surface area contributed by atoms with E-state index in [0.29, 0.717) is 11.3 Å². The summed E-state index contributed by atoms with van der Waals surface area (Å²) in [5.41, 5.74) is 11.6. The Morgan fingerprint density at radius 3 is 2.89 bits per heavy atom. The number of nitrogens with two attached hydrogens (primary N) is 2. The third-order valence-electron chi connectivity index (χ3n) is 6.86. The van der Waals surface area contributed by atoms with Gasteiger partial charge in [0.2, 0.25) is 5.95 Å². The van der Waals surface area contributed by atoms with Crippen LogP contribution >= 0.6 is 38.0 Å². The minimum absolute atomic E-state index is 0.0130. The van der Waals surface area contributed by atoms with Crippen molar-refractivity contribution in [3.05, 3.63) is 28.6 Å². The molecule has 6 heterocycles. The van der Waals surface area contributed by atoms with E-state index in [2.05, 4.69) is 47.6 Å². The lowest BCUT2D eigenvalue weighted by atomic mass is 10.1. The van der Waals surface area contributed by atoms with Gasteiger partial charge in [-0.15, -0.1) is 21.4 Å². The summed E-state index contributed by atoms with van der Waals surface area (Å²) in [5.74, 6) is -0.0387. The minimum atomic E-state index is -4.15. The van der Waals surface area contributed by atoms with E-state index in [1.807, 2.05) is 0 Å². The summed E-state index contributed by atoms with van der Waals surface area (Å²) < 4.78 is 37.4. The second-order valence-electron chi connectivity index (χ2n) is 9.57. The van der Waals surface area contributed by atoms with Gasteiger partial charge in [-0.25, -0.2) is 19.2 Å². The molecule has 4 aromatic heterocycles. The fraction of sp³-hybridized carbons (Fsp3) is 0.526. The lowest BCUT2D eigenvalue weighted by Crippen LogP contribution is -2.35. The number of nitrogens with one attached hydrogen (secondary N) is 1. The van der Waals surface area contributed by atoms with Crippen LogP contribution in [0.1, 0.15) is 23.6 Å². The van der Waals surface area contributed by atoms with Crippen LogP contribution in [0.15, 0.2) is 17.3 Å². The number of H-pyrrole nitrogens is 1. The van der Waals surface area contributed by atoms with Gasteiger partial charge in [-0.3, -0.25) is 14.3 Å². The third-order valence-corrected chi connectivity index (χ3v) is 10.7. The van der Waals surface area contributed by atoms with Crippen molar-refractivity contribution in [1.29, 1.82) is 0 Å². The van der Waals surface area contributed by atoms with E-state index in [4.69, 9.17) is 41.6 Å². The standard InChI is InChI=1S/C19H23N11O9P2S3/c20-14-16-22-2-6(29(16)24-5-23-14)7-1-8(38-40(34)42)9(37-7)4-36-41(35,43)39-13-12(32)10(3-31)44-18(13)30-15-11(27-28-30)17(33)26-19(21)25-15/h2,5,7-10,12-13,18,31-32H,1,3-4H2,(H6-,20,21,23,24,25,26,28,33,34,35,42,43)/p+1. The molecule has 2 fully saturated rings. The van der Waals surface area contributed by atoms with Crippen molar-refractivity contribution in [2.45, 2.75) is 47.6 Å². The Morgan fingerprint density at radius 1 is 1.34 bits per heavy atom. The Morgan fingerprint density at radius 2 is 2.14 bits per heavy atom. The Hall–Kier alpha value is -2.40. The molecular formula is C19H24N11O9P2S3+. The molecule has 236 valence electrons. The van der Waals surface area contributed by atoms with Gasteiger partial charge in [-0.1, -0.05) is 5.21 Å². The van der Waals surface area contributed by atoms with Crippen molar-refractivity contribution in [3.63, 3.8) is 0 Å². The second-order valence-corrected chi connectivity index (χ2v) is 15.4. The van der Waals surface area contributed by atoms with Crippen LogP contribution in [0.25, 0.3) is 16.8 Å². The predicted octanol–water partition coefficient (Wildman–Crippen LogP) is -0.795. The summed E-state index contributed by atoms with van der Waals surface area (Å²) in [6.45, 7) is -4.98. The van der Waals surface area contributed by atoms with Crippen LogP contribution in [-0.2, 0) is 34.7 Å². The molecule has 0 amide bonds. The number of nitrogen functional groups attached to an aromatic ring is 2. The van der Waals surface area contributed by atoms with Crippen molar-refractivity contribution < 1.29 is 38.0 Å². The summed E-state index contributed by atoms with van der Waals surface area (Å²) in [6.07, 6.45) is -2.07. The molecule has 2 saturated heterocycles. The van der Waals surface area contributed by atoms with Gasteiger partial charge < -0.3 is 35.8 Å². The smallest absolute Gasteiger partial charge is 0.395 e. The quantitative estimate of drug-likeness (QED) is 0.0784. The molecule has 6 rings (SSSR count). The highest BCUT2D eigenvalue weighted by atomic mass is 32.7. The SMILES string of the molecule is Nc1nc2c(nnn2C2SC(CO)C(O)C2OP(O)(=S)OCC2OC(c3cnc4c(N)ncnn34)CC2O[P+](=O)S)c(=O)[nH]1. The predicted molar refractivity (Wildman–Crippen MR) is 160 cm³/mol. The lowest BCUT2D eigenvalue weighted by molar-refractivity contribution is -0.0242. The Labute approximate surface area is 261 Å². The molecule has 4 aromatic rings. The molecule has 44 heavy (non-hydrogen) atoms. The number of thiol groups is 1. The molecule has 9 atom stereocenters. The maximum absolute atomic E-state index is 12.3. The molecule has 0 bridgehead atoms. The zero-order valence-corrected chi connectivity index (χ0v) is 26.3. The van der Waals surface area contributed by atoms with E-state index < -0.39 is 67.3 Å². The summed E-state index contributed by atoms with van der Waals surface area (Å²) in [7, 11) is -2.35. The van der Waals surface area contributed by atoms with Crippen LogP contribution in [0.2, 0.25) is 0 Å². The van der Waals surface area contributed by atoms with Gasteiger partial charge in [-0.2, -0.15) is 10.1 Å². The van der Waals surface area contributed by atoms with Crippen LogP contribution in [0.5, 0.6) is 0 Å². The number of hydrogen-bond acceptors (Lipinski definition) is 18. The van der Waals surface area contributed by atoms with Crippen molar-refractivity contribution >= 4 is 78.3 Å².